The minimum absolute atomic E-state index is 0.0254. The van der Waals surface area contributed by atoms with E-state index in [1.54, 1.807) is 13.8 Å². The third kappa shape index (κ3) is 6.85. The van der Waals surface area contributed by atoms with E-state index in [1.165, 1.54) is 22.8 Å². The number of nitriles is 1. The van der Waals surface area contributed by atoms with Crippen LogP contribution in [0.15, 0.2) is 24.5 Å². The Bertz CT molecular complexity index is 1560. The predicted molar refractivity (Wildman–Crippen MR) is 132 cm³/mol. The third-order valence-electron chi connectivity index (χ3n) is 5.22. The van der Waals surface area contributed by atoms with Crippen molar-refractivity contribution in [1.82, 2.24) is 14.5 Å². The maximum atomic E-state index is 13.1. The number of aliphatic carboxylic acids is 1. The first-order valence-corrected chi connectivity index (χ1v) is 13.0. The first-order chi connectivity index (χ1) is 18.6. The number of esters is 1. The van der Waals surface area contributed by atoms with Crippen molar-refractivity contribution in [3.05, 3.63) is 35.7 Å². The maximum Gasteiger partial charge on any atom is 0.534 e. The zero-order valence-electron chi connectivity index (χ0n) is 21.4. The number of carboxylic acid groups (broad SMARTS) is 1. The van der Waals surface area contributed by atoms with Gasteiger partial charge in [0.25, 0.3) is 5.88 Å². The number of hydrogen-bond acceptors (Lipinski definition) is 10. The lowest BCUT2D eigenvalue weighted by molar-refractivity contribution is -0.136. The van der Waals surface area contributed by atoms with Gasteiger partial charge in [0.1, 0.15) is 34.7 Å². The summed E-state index contributed by atoms with van der Waals surface area (Å²) in [6, 6.07) is 5.93. The normalized spacial score (nSPS) is 11.9. The number of hydrogen-bond donors (Lipinski definition) is 1. The molecule has 0 bridgehead atoms. The van der Waals surface area contributed by atoms with Gasteiger partial charge in [0.2, 0.25) is 0 Å². The molecule has 1 aromatic carbocycles. The van der Waals surface area contributed by atoms with Crippen molar-refractivity contribution in [2.24, 2.45) is 0 Å². The topological polar surface area (TPSA) is 171 Å². The fourth-order valence-corrected chi connectivity index (χ4v) is 4.25. The molecule has 16 heteroatoms. The number of rotatable bonds is 11. The number of aryl methyl sites for hydroxylation is 1. The lowest BCUT2D eigenvalue weighted by atomic mass is 10.0. The highest BCUT2D eigenvalue weighted by molar-refractivity contribution is 7.88. The van der Waals surface area contributed by atoms with Gasteiger partial charge in [-0.3, -0.25) is 9.59 Å². The highest BCUT2D eigenvalue weighted by Crippen LogP contribution is 2.39. The smallest absolute Gasteiger partial charge is 0.481 e. The monoisotopic (exact) mass is 584 g/mol. The molecular formula is C24H23F3N4O8S. The molecule has 0 atom stereocenters. The summed E-state index contributed by atoms with van der Waals surface area (Å²) < 4.78 is 79.4. The number of benzene rings is 1. The Balaban J connectivity index is 2.35. The minimum Gasteiger partial charge on any atom is -0.481 e. The molecule has 0 aliphatic rings. The molecule has 2 aromatic heterocycles. The Morgan fingerprint density at radius 3 is 2.48 bits per heavy atom. The molecule has 0 radical (unpaired) electrons. The fraction of sp³-hybridized carbons (Fsp3) is 0.375. The van der Waals surface area contributed by atoms with E-state index in [2.05, 4.69) is 14.2 Å². The van der Waals surface area contributed by atoms with Crippen molar-refractivity contribution >= 4 is 33.1 Å². The van der Waals surface area contributed by atoms with E-state index in [9.17, 15) is 41.5 Å². The molecule has 2 heterocycles. The van der Waals surface area contributed by atoms with Crippen LogP contribution in [0.5, 0.6) is 11.6 Å². The zero-order valence-corrected chi connectivity index (χ0v) is 22.2. The van der Waals surface area contributed by atoms with Gasteiger partial charge < -0.3 is 23.3 Å². The van der Waals surface area contributed by atoms with Crippen LogP contribution in [0.1, 0.15) is 38.3 Å². The van der Waals surface area contributed by atoms with E-state index in [0.29, 0.717) is 0 Å². The summed E-state index contributed by atoms with van der Waals surface area (Å²) in [6.45, 7) is 4.84. The first kappa shape index (κ1) is 30.3. The molecule has 12 nitrogen and oxygen atoms in total. The number of nitrogens with zero attached hydrogens (tertiary/aromatic N) is 4. The largest absolute Gasteiger partial charge is 0.534 e. The minimum atomic E-state index is -6.14. The van der Waals surface area contributed by atoms with Crippen molar-refractivity contribution < 1.29 is 49.9 Å². The van der Waals surface area contributed by atoms with Gasteiger partial charge in [0.05, 0.1) is 18.2 Å². The Morgan fingerprint density at radius 1 is 1.20 bits per heavy atom. The molecule has 0 spiro atoms. The number of alkyl halides is 3. The van der Waals surface area contributed by atoms with Gasteiger partial charge in [-0.1, -0.05) is 0 Å². The van der Waals surface area contributed by atoms with Crippen LogP contribution < -0.4 is 8.92 Å². The van der Waals surface area contributed by atoms with E-state index in [-0.39, 0.29) is 64.8 Å². The number of ether oxygens (including phenoxy) is 2. The van der Waals surface area contributed by atoms with Gasteiger partial charge in [-0.15, -0.1) is 0 Å². The van der Waals surface area contributed by atoms with Crippen LogP contribution in [0, 0.1) is 11.3 Å². The van der Waals surface area contributed by atoms with Gasteiger partial charge in [-0.25, -0.2) is 4.98 Å². The summed E-state index contributed by atoms with van der Waals surface area (Å²) in [5.41, 5.74) is -6.18. The molecule has 0 amide bonds. The second-order valence-electron chi connectivity index (χ2n) is 8.65. The average molecular weight is 585 g/mol. The zero-order chi connectivity index (χ0) is 29.8. The molecule has 0 aliphatic carbocycles. The summed E-state index contributed by atoms with van der Waals surface area (Å²) in [7, 11) is -6.14. The van der Waals surface area contributed by atoms with Crippen molar-refractivity contribution in [2.75, 3.05) is 6.61 Å². The van der Waals surface area contributed by atoms with Crippen molar-refractivity contribution in [2.45, 2.75) is 51.8 Å². The standard InChI is InChI=1S/C24H23F3N4O8S/c1-13(2)37-6-4-5-31-21(16-7-15(9-19(33)34)8-17(10-16)38-14(3)32)18(11-28)20-22(31)23(30-12-29-20)39-40(35,36)24(25,26)27/h7-8,10,12-13H,4-6,9H2,1-3H3,(H,33,34). The summed E-state index contributed by atoms with van der Waals surface area (Å²) >= 11 is 0. The molecule has 214 valence electrons. The van der Waals surface area contributed by atoms with Gasteiger partial charge >= 0.3 is 27.6 Å². The summed E-state index contributed by atoms with van der Waals surface area (Å²) in [5, 5.41) is 19.4. The van der Waals surface area contributed by atoms with Crippen LogP contribution in [-0.4, -0.2) is 58.2 Å². The van der Waals surface area contributed by atoms with E-state index >= 15 is 0 Å². The van der Waals surface area contributed by atoms with Crippen LogP contribution in [0.3, 0.4) is 0 Å². The first-order valence-electron chi connectivity index (χ1n) is 11.6. The summed E-state index contributed by atoms with van der Waals surface area (Å²) in [5.74, 6) is -2.97. The number of carbonyl (C=O) groups is 2. The van der Waals surface area contributed by atoms with Gasteiger partial charge in [0.15, 0.2) is 0 Å². The SMILES string of the molecule is CC(=O)Oc1cc(CC(=O)O)cc(-c2c(C#N)c3ncnc(OS(=O)(=O)C(F)(F)F)c3n2CCCOC(C)C)c1. The predicted octanol–water partition coefficient (Wildman–Crippen LogP) is 3.57. The van der Waals surface area contributed by atoms with Crippen LogP contribution in [0.25, 0.3) is 22.3 Å². The fourth-order valence-electron chi connectivity index (χ4n) is 3.83. The Labute approximate surface area is 226 Å². The van der Waals surface area contributed by atoms with Crippen LogP contribution in [0.4, 0.5) is 13.2 Å². The Morgan fingerprint density at radius 2 is 1.90 bits per heavy atom. The molecule has 0 saturated heterocycles. The Hall–Kier alpha value is -4.23. The molecular weight excluding hydrogens is 561 g/mol. The molecule has 3 aromatic rings. The molecule has 40 heavy (non-hydrogen) atoms. The molecule has 3 rings (SSSR count). The molecule has 0 unspecified atom stereocenters. The van der Waals surface area contributed by atoms with Crippen molar-refractivity contribution in [1.29, 1.82) is 5.26 Å². The number of fused-ring (bicyclic) bond motifs is 1. The summed E-state index contributed by atoms with van der Waals surface area (Å²) in [6.07, 6.45) is 0.343. The second-order valence-corrected chi connectivity index (χ2v) is 10.2. The number of carbonyl (C=O) groups excluding carboxylic acids is 1. The van der Waals surface area contributed by atoms with E-state index in [1.807, 2.05) is 6.07 Å². The van der Waals surface area contributed by atoms with E-state index < -0.39 is 39.9 Å². The quantitative estimate of drug-likeness (QED) is 0.115. The van der Waals surface area contributed by atoms with Crippen molar-refractivity contribution in [3.63, 3.8) is 0 Å². The lowest BCUT2D eigenvalue weighted by Crippen LogP contribution is -2.28. The molecule has 0 saturated carbocycles. The number of carboxylic acids is 1. The lowest BCUT2D eigenvalue weighted by Gasteiger charge is -2.15. The number of halogens is 3. The van der Waals surface area contributed by atoms with Gasteiger partial charge in [-0.2, -0.15) is 31.8 Å². The van der Waals surface area contributed by atoms with Gasteiger partial charge in [0, 0.05) is 25.6 Å². The second kappa shape index (κ2) is 11.9. The van der Waals surface area contributed by atoms with Gasteiger partial charge in [-0.05, 0) is 44.0 Å². The van der Waals surface area contributed by atoms with Crippen molar-refractivity contribution in [3.8, 4) is 29.0 Å². The van der Waals surface area contributed by atoms with E-state index in [4.69, 9.17) is 9.47 Å². The third-order valence-corrected chi connectivity index (χ3v) is 6.16. The van der Waals surface area contributed by atoms with Crippen LogP contribution >= 0.6 is 0 Å². The highest BCUT2D eigenvalue weighted by atomic mass is 32.2. The molecule has 0 fully saturated rings. The Kier molecular flexibility index (Phi) is 9.00. The average Bonchev–Trinajstić information content (AvgIpc) is 3.14. The van der Waals surface area contributed by atoms with E-state index in [0.717, 1.165) is 13.3 Å². The van der Waals surface area contributed by atoms with Crippen LogP contribution in [0.2, 0.25) is 0 Å². The maximum absolute atomic E-state index is 13.1. The highest BCUT2D eigenvalue weighted by Gasteiger charge is 2.49. The molecule has 0 aliphatic heterocycles. The molecule has 1 N–H and O–H groups in total. The number of aromatic nitrogens is 3. The summed E-state index contributed by atoms with van der Waals surface area (Å²) in [4.78, 5) is 30.6. The van der Waals surface area contributed by atoms with Crippen LogP contribution in [-0.2, 0) is 37.4 Å².